The van der Waals surface area contributed by atoms with Crippen LogP contribution in [0.15, 0.2) is 10.3 Å². The lowest BCUT2D eigenvalue weighted by molar-refractivity contribution is 0.276. The van der Waals surface area contributed by atoms with Gasteiger partial charge in [0.1, 0.15) is 0 Å². The summed E-state index contributed by atoms with van der Waals surface area (Å²) >= 11 is 0. The van der Waals surface area contributed by atoms with E-state index in [4.69, 9.17) is 9.68 Å². The Labute approximate surface area is 237 Å². The molecule has 2 saturated carbocycles. The number of hydrogen-bond donors (Lipinski definition) is 0. The third kappa shape index (κ3) is 13.1. The van der Waals surface area contributed by atoms with Crippen molar-refractivity contribution in [2.24, 2.45) is 10.3 Å². The van der Waals surface area contributed by atoms with Crippen LogP contribution in [0, 0.1) is 0 Å². The Morgan fingerprint density at radius 2 is 0.795 bits per heavy atom. The lowest BCUT2D eigenvalue weighted by Gasteiger charge is -2.18. The van der Waals surface area contributed by atoms with Gasteiger partial charge in [0.25, 0.3) is 0 Å². The van der Waals surface area contributed by atoms with Crippen LogP contribution >= 0.6 is 0 Å². The maximum atomic E-state index is 5.85. The first kappa shape index (κ1) is 31.3. The van der Waals surface area contributed by atoms with Gasteiger partial charge in [0, 0.05) is 13.1 Å². The zero-order valence-electron chi connectivity index (χ0n) is 25.0. The van der Waals surface area contributed by atoms with E-state index in [0.717, 1.165) is 75.9 Å². The largest absolute Gasteiger partial charge is 0.353 e. The monoisotopic (exact) mass is 542 g/mol. The van der Waals surface area contributed by atoms with E-state index in [2.05, 4.69) is 44.0 Å². The minimum absolute atomic E-state index is 0.180. The number of anilines is 1. The Kier molecular flexibility index (Phi) is 15.8. The van der Waals surface area contributed by atoms with Crippen LogP contribution in [0.4, 0.5) is 5.95 Å². The van der Waals surface area contributed by atoms with Crippen LogP contribution in [-0.4, -0.2) is 39.5 Å². The molecule has 2 aliphatic carbocycles. The third-order valence-electron chi connectivity index (χ3n) is 8.00. The number of aromatic nitrogens is 3. The van der Waals surface area contributed by atoms with Crippen LogP contribution in [0.2, 0.25) is 0 Å². The molecule has 0 spiro atoms. The topological polar surface area (TPSA) is 85.1 Å². The Balaban J connectivity index is 1.71. The van der Waals surface area contributed by atoms with Crippen LogP contribution < -0.4 is 14.6 Å². The first-order valence-corrected chi connectivity index (χ1v) is 16.2. The number of rotatable bonds is 7. The summed E-state index contributed by atoms with van der Waals surface area (Å²) in [4.78, 5) is 27.4. The van der Waals surface area contributed by atoms with Gasteiger partial charge in [-0.3, -0.25) is 0 Å². The van der Waals surface area contributed by atoms with Crippen LogP contribution in [-0.2, 0) is 0 Å². The van der Waals surface area contributed by atoms with Crippen molar-refractivity contribution in [2.75, 3.05) is 18.0 Å². The number of oxime groups is 2. The lowest BCUT2D eigenvalue weighted by Crippen LogP contribution is -2.24. The molecule has 0 atom stereocenters. The predicted molar refractivity (Wildman–Crippen MR) is 161 cm³/mol. The summed E-state index contributed by atoms with van der Waals surface area (Å²) in [5, 5.41) is 9.07. The molecule has 1 heterocycles. The molecule has 0 unspecified atom stereocenters. The Bertz CT molecular complexity index is 767. The van der Waals surface area contributed by atoms with Gasteiger partial charge in [0.2, 0.25) is 5.95 Å². The zero-order chi connectivity index (χ0) is 27.4. The average molecular weight is 543 g/mol. The molecule has 2 aliphatic rings. The highest BCUT2D eigenvalue weighted by molar-refractivity contribution is 5.84. The molecule has 1 aromatic rings. The highest BCUT2D eigenvalue weighted by Crippen LogP contribution is 2.20. The maximum Gasteiger partial charge on any atom is 0.353 e. The van der Waals surface area contributed by atoms with E-state index in [1.807, 2.05) is 0 Å². The van der Waals surface area contributed by atoms with E-state index >= 15 is 0 Å². The van der Waals surface area contributed by atoms with E-state index in [1.165, 1.54) is 89.9 Å². The Morgan fingerprint density at radius 1 is 0.487 bits per heavy atom. The molecule has 0 bridgehead atoms. The van der Waals surface area contributed by atoms with Crippen LogP contribution in [0.5, 0.6) is 12.0 Å². The molecule has 0 radical (unpaired) electrons. The van der Waals surface area contributed by atoms with Gasteiger partial charge in [0.15, 0.2) is 0 Å². The smallest absolute Gasteiger partial charge is 0.341 e. The van der Waals surface area contributed by atoms with Crippen molar-refractivity contribution in [3.8, 4) is 12.0 Å². The SMILES string of the molecule is CCN(CC)c1nc(ON=C2CCCCCCCCCCC2)nc(ON=C2CCCCCCCCCCC2)n1. The summed E-state index contributed by atoms with van der Waals surface area (Å²) in [6.07, 6.45) is 27.1. The van der Waals surface area contributed by atoms with E-state index in [9.17, 15) is 0 Å². The van der Waals surface area contributed by atoms with Crippen LogP contribution in [0.3, 0.4) is 0 Å². The van der Waals surface area contributed by atoms with Crippen molar-refractivity contribution in [2.45, 2.75) is 155 Å². The molecule has 8 nitrogen and oxygen atoms in total. The highest BCUT2D eigenvalue weighted by atomic mass is 16.7. The summed E-state index contributed by atoms with van der Waals surface area (Å²) < 4.78 is 0. The summed E-state index contributed by atoms with van der Waals surface area (Å²) in [5.41, 5.74) is 2.22. The molecule has 39 heavy (non-hydrogen) atoms. The van der Waals surface area contributed by atoms with E-state index in [-0.39, 0.29) is 12.0 Å². The molecule has 2 fully saturated rings. The average Bonchev–Trinajstić information content (AvgIpc) is 2.93. The van der Waals surface area contributed by atoms with Crippen molar-refractivity contribution in [1.82, 2.24) is 15.0 Å². The number of hydrogen-bond acceptors (Lipinski definition) is 8. The fraction of sp³-hybridized carbons (Fsp3) is 0.839. The zero-order valence-corrected chi connectivity index (χ0v) is 25.0. The highest BCUT2D eigenvalue weighted by Gasteiger charge is 2.15. The van der Waals surface area contributed by atoms with Gasteiger partial charge < -0.3 is 14.6 Å². The molecule has 220 valence electrons. The molecular formula is C31H54N6O2. The van der Waals surface area contributed by atoms with E-state index in [1.54, 1.807) is 0 Å². The Morgan fingerprint density at radius 3 is 1.10 bits per heavy atom. The first-order chi connectivity index (χ1) is 19.3. The van der Waals surface area contributed by atoms with Crippen molar-refractivity contribution in [3.63, 3.8) is 0 Å². The fourth-order valence-corrected chi connectivity index (χ4v) is 5.49. The lowest BCUT2D eigenvalue weighted by atomic mass is 10.00. The molecule has 3 rings (SSSR count). The maximum absolute atomic E-state index is 5.85. The molecular weight excluding hydrogens is 488 g/mol. The molecule has 0 amide bonds. The fourth-order valence-electron chi connectivity index (χ4n) is 5.49. The van der Waals surface area contributed by atoms with Crippen molar-refractivity contribution >= 4 is 17.4 Å². The van der Waals surface area contributed by atoms with Gasteiger partial charge in [-0.1, -0.05) is 100 Å². The Hall–Kier alpha value is -2.25. The van der Waals surface area contributed by atoms with Crippen molar-refractivity contribution in [1.29, 1.82) is 0 Å². The summed E-state index contributed by atoms with van der Waals surface area (Å²) in [5.74, 6) is 0.540. The molecule has 0 aliphatic heterocycles. The standard InChI is InChI=1S/C31H54N6O2/c1-3-37(4-2)29-32-30(38-35-27-23-19-15-11-7-5-8-12-16-20-24-27)34-31(33-29)39-36-28-25-21-17-13-9-6-10-14-18-22-26-28/h3-26H2,1-2H3. The van der Waals surface area contributed by atoms with Gasteiger partial charge in [-0.15, -0.1) is 4.98 Å². The molecule has 0 N–H and O–H groups in total. The van der Waals surface area contributed by atoms with E-state index < -0.39 is 0 Å². The molecule has 8 heteroatoms. The van der Waals surface area contributed by atoms with Crippen molar-refractivity contribution < 1.29 is 9.68 Å². The van der Waals surface area contributed by atoms with E-state index in [0.29, 0.717) is 5.95 Å². The molecule has 0 aromatic carbocycles. The number of nitrogens with zero attached hydrogens (tertiary/aromatic N) is 6. The summed E-state index contributed by atoms with van der Waals surface area (Å²) in [6.45, 7) is 5.74. The molecule has 0 saturated heterocycles. The second kappa shape index (κ2) is 19.8. The second-order valence-corrected chi connectivity index (χ2v) is 11.2. The normalized spacial score (nSPS) is 19.4. The van der Waals surface area contributed by atoms with Crippen LogP contribution in [0.25, 0.3) is 0 Å². The molecule has 1 aromatic heterocycles. The minimum atomic E-state index is 0.180. The van der Waals surface area contributed by atoms with Gasteiger partial charge >= 0.3 is 12.0 Å². The second-order valence-electron chi connectivity index (χ2n) is 11.2. The minimum Gasteiger partial charge on any atom is -0.341 e. The van der Waals surface area contributed by atoms with Crippen LogP contribution in [0.1, 0.15) is 155 Å². The predicted octanol–water partition coefficient (Wildman–Crippen LogP) is 8.80. The summed E-state index contributed by atoms with van der Waals surface area (Å²) in [6, 6.07) is 0.360. The first-order valence-electron chi connectivity index (χ1n) is 16.2. The van der Waals surface area contributed by atoms with Gasteiger partial charge in [-0.2, -0.15) is 9.97 Å². The van der Waals surface area contributed by atoms with Gasteiger partial charge in [-0.25, -0.2) is 0 Å². The van der Waals surface area contributed by atoms with Gasteiger partial charge in [0.05, 0.1) is 11.4 Å². The van der Waals surface area contributed by atoms with Crippen molar-refractivity contribution in [3.05, 3.63) is 0 Å². The third-order valence-corrected chi connectivity index (χ3v) is 8.00. The van der Waals surface area contributed by atoms with Gasteiger partial charge in [-0.05, 0) is 65.2 Å². The quantitative estimate of drug-likeness (QED) is 0.320. The summed E-state index contributed by atoms with van der Waals surface area (Å²) in [7, 11) is 0.